The van der Waals surface area contributed by atoms with Crippen LogP contribution in [0.25, 0.3) is 0 Å². The second kappa shape index (κ2) is 9.54. The third-order valence-electron chi connectivity index (χ3n) is 9.45. The first kappa shape index (κ1) is 24.5. The number of carbonyl (C=O) groups is 1. The van der Waals surface area contributed by atoms with Crippen molar-refractivity contribution in [3.05, 3.63) is 47.6 Å². The molecule has 0 aromatic rings. The summed E-state index contributed by atoms with van der Waals surface area (Å²) >= 11 is 0. The van der Waals surface area contributed by atoms with Gasteiger partial charge in [0, 0.05) is 17.9 Å². The van der Waals surface area contributed by atoms with E-state index in [1.165, 1.54) is 31.3 Å². The van der Waals surface area contributed by atoms with Gasteiger partial charge in [0.25, 0.3) is 0 Å². The number of ether oxygens (including phenoxy) is 1. The summed E-state index contributed by atoms with van der Waals surface area (Å²) < 4.78 is 5.72. The lowest BCUT2D eigenvalue weighted by Gasteiger charge is -2.44. The predicted molar refractivity (Wildman–Crippen MR) is 131 cm³/mol. The van der Waals surface area contributed by atoms with Crippen molar-refractivity contribution in [2.24, 2.45) is 29.1 Å². The zero-order valence-corrected chi connectivity index (χ0v) is 20.7. The van der Waals surface area contributed by atoms with Crippen LogP contribution in [0.4, 0.5) is 0 Å². The Morgan fingerprint density at radius 2 is 1.97 bits per heavy atom. The molecule has 0 radical (unpaired) electrons. The number of esters is 1. The molecule has 33 heavy (non-hydrogen) atoms. The summed E-state index contributed by atoms with van der Waals surface area (Å²) in [5, 5.41) is 20.2. The average molecular weight is 455 g/mol. The van der Waals surface area contributed by atoms with Crippen molar-refractivity contribution in [1.29, 1.82) is 0 Å². The first-order valence-electron chi connectivity index (χ1n) is 13.0. The molecule has 2 unspecified atom stereocenters. The number of fused-ring (bicyclic) bond motifs is 1. The van der Waals surface area contributed by atoms with Gasteiger partial charge in [-0.2, -0.15) is 0 Å². The number of aliphatic hydroxyl groups is 2. The summed E-state index contributed by atoms with van der Waals surface area (Å²) in [7, 11) is 0. The summed E-state index contributed by atoms with van der Waals surface area (Å²) in [6.07, 6.45) is 12.0. The quantitative estimate of drug-likeness (QED) is 0.415. The molecule has 1 heterocycles. The fraction of sp³-hybridized carbons (Fsp3) is 0.690. The van der Waals surface area contributed by atoms with E-state index < -0.39 is 12.2 Å². The number of hydrogen-bond donors (Lipinski definition) is 2. The molecule has 4 heteroatoms. The van der Waals surface area contributed by atoms with Crippen LogP contribution < -0.4 is 0 Å². The number of cyclic esters (lactones) is 1. The Balaban J connectivity index is 1.49. The van der Waals surface area contributed by atoms with E-state index in [-0.39, 0.29) is 23.4 Å². The number of carbonyl (C=O) groups excluding carboxylic acids is 1. The van der Waals surface area contributed by atoms with E-state index in [1.807, 2.05) is 0 Å². The van der Waals surface area contributed by atoms with Crippen molar-refractivity contribution in [2.75, 3.05) is 0 Å². The van der Waals surface area contributed by atoms with Crippen LogP contribution in [0.1, 0.15) is 78.6 Å². The first-order chi connectivity index (χ1) is 15.7. The fourth-order valence-corrected chi connectivity index (χ4v) is 7.60. The molecule has 4 fully saturated rings. The van der Waals surface area contributed by atoms with E-state index in [9.17, 15) is 15.0 Å². The van der Waals surface area contributed by atoms with Crippen molar-refractivity contribution >= 4 is 5.97 Å². The van der Waals surface area contributed by atoms with Crippen LogP contribution in [-0.4, -0.2) is 34.5 Å². The molecular formula is C29H42O4. The topological polar surface area (TPSA) is 66.8 Å². The van der Waals surface area contributed by atoms with Crippen molar-refractivity contribution in [3.8, 4) is 0 Å². The van der Waals surface area contributed by atoms with E-state index in [1.54, 1.807) is 0 Å². The van der Waals surface area contributed by atoms with E-state index >= 15 is 0 Å². The molecule has 3 aliphatic carbocycles. The highest BCUT2D eigenvalue weighted by Gasteiger charge is 2.51. The van der Waals surface area contributed by atoms with Gasteiger partial charge in [0.15, 0.2) is 0 Å². The second-order valence-corrected chi connectivity index (χ2v) is 11.4. The zero-order chi connectivity index (χ0) is 23.9. The molecule has 4 rings (SSSR count). The largest absolute Gasteiger partial charge is 0.458 e. The molecule has 0 spiro atoms. The Hall–Kier alpha value is -1.65. The van der Waals surface area contributed by atoms with Gasteiger partial charge >= 0.3 is 5.97 Å². The van der Waals surface area contributed by atoms with Crippen molar-refractivity contribution in [2.45, 2.75) is 96.9 Å². The molecule has 4 aliphatic rings. The number of hydrogen-bond acceptors (Lipinski definition) is 4. The van der Waals surface area contributed by atoms with E-state index in [2.05, 4.69) is 46.1 Å². The third-order valence-corrected chi connectivity index (χ3v) is 9.45. The number of aliphatic hydroxyl groups excluding tert-OH is 2. The standard InChI is InChI=1S/C29H42O4/c1-6-23-19(4)28(32)33-27(23)14-17(2)24-11-12-25-20(8-7-13-29(24,25)5)9-10-21-15-22(30)16-26(31)18(21)3/h9-10,17,22-27,30-31H,3-4,6-8,11-16H2,1-2,5H3/t17-,22-,23?,24-,25+,26+,27?,29-/m1/s1. The Bertz CT molecular complexity index is 867. The molecule has 182 valence electrons. The second-order valence-electron chi connectivity index (χ2n) is 11.4. The van der Waals surface area contributed by atoms with Gasteiger partial charge in [-0.05, 0) is 85.7 Å². The molecule has 0 aromatic heterocycles. The summed E-state index contributed by atoms with van der Waals surface area (Å²) in [5.74, 6) is 1.65. The number of allylic oxidation sites excluding steroid dienone is 3. The summed E-state index contributed by atoms with van der Waals surface area (Å²) in [5.41, 5.74) is 4.18. The van der Waals surface area contributed by atoms with Gasteiger partial charge in [-0.15, -0.1) is 0 Å². The van der Waals surface area contributed by atoms with E-state index in [4.69, 9.17) is 4.74 Å². The summed E-state index contributed by atoms with van der Waals surface area (Å²) in [6, 6.07) is 0. The molecular weight excluding hydrogens is 412 g/mol. The van der Waals surface area contributed by atoms with E-state index in [0.717, 1.165) is 30.4 Å². The molecule has 3 saturated carbocycles. The minimum absolute atomic E-state index is 0.0221. The molecule has 8 atom stereocenters. The molecule has 4 nitrogen and oxygen atoms in total. The molecule has 0 bridgehead atoms. The van der Waals surface area contributed by atoms with Crippen LogP contribution in [0.15, 0.2) is 47.6 Å². The van der Waals surface area contributed by atoms with Crippen LogP contribution in [-0.2, 0) is 9.53 Å². The summed E-state index contributed by atoms with van der Waals surface area (Å²) in [6.45, 7) is 15.0. The SMILES string of the molecule is C=C1C(=O)OC(C[C@@H](C)[C@H]2CC[C@H]3C(=CC=C4C[C@@H](O)C[C@H](O)C4=C)CCC[C@]23C)C1CC. The predicted octanol–water partition coefficient (Wildman–Crippen LogP) is 5.66. The first-order valence-corrected chi connectivity index (χ1v) is 13.0. The monoisotopic (exact) mass is 454 g/mol. The Morgan fingerprint density at radius 1 is 1.21 bits per heavy atom. The summed E-state index contributed by atoms with van der Waals surface area (Å²) in [4.78, 5) is 12.1. The normalized spacial score (nSPS) is 42.6. The van der Waals surface area contributed by atoms with Crippen molar-refractivity contribution in [3.63, 3.8) is 0 Å². The molecule has 0 amide bonds. The van der Waals surface area contributed by atoms with Crippen LogP contribution in [0.2, 0.25) is 0 Å². The molecule has 0 aromatic carbocycles. The maximum Gasteiger partial charge on any atom is 0.334 e. The lowest BCUT2D eigenvalue weighted by molar-refractivity contribution is -0.140. The minimum atomic E-state index is -0.639. The van der Waals surface area contributed by atoms with Gasteiger partial charge in [-0.3, -0.25) is 0 Å². The lowest BCUT2D eigenvalue weighted by atomic mass is 9.60. The average Bonchev–Trinajstić information content (AvgIpc) is 3.25. The highest BCUT2D eigenvalue weighted by Crippen LogP contribution is 2.60. The Labute approximate surface area is 199 Å². The molecule has 1 saturated heterocycles. The highest BCUT2D eigenvalue weighted by molar-refractivity contribution is 5.90. The van der Waals surface area contributed by atoms with Crippen molar-refractivity contribution in [1.82, 2.24) is 0 Å². The van der Waals surface area contributed by atoms with Gasteiger partial charge in [0.05, 0.1) is 12.2 Å². The maximum atomic E-state index is 12.1. The van der Waals surface area contributed by atoms with Crippen LogP contribution >= 0.6 is 0 Å². The molecule has 2 N–H and O–H groups in total. The highest BCUT2D eigenvalue weighted by atomic mass is 16.6. The fourth-order valence-electron chi connectivity index (χ4n) is 7.60. The minimum Gasteiger partial charge on any atom is -0.458 e. The lowest BCUT2D eigenvalue weighted by Crippen LogP contribution is -2.37. The van der Waals surface area contributed by atoms with Crippen LogP contribution in [0.5, 0.6) is 0 Å². The van der Waals surface area contributed by atoms with Gasteiger partial charge in [0.2, 0.25) is 0 Å². The van der Waals surface area contributed by atoms with Gasteiger partial charge in [-0.1, -0.05) is 51.7 Å². The Kier molecular flexibility index (Phi) is 7.08. The third kappa shape index (κ3) is 4.53. The van der Waals surface area contributed by atoms with Gasteiger partial charge < -0.3 is 14.9 Å². The van der Waals surface area contributed by atoms with Gasteiger partial charge in [-0.25, -0.2) is 4.79 Å². The Morgan fingerprint density at radius 3 is 2.70 bits per heavy atom. The van der Waals surface area contributed by atoms with Crippen LogP contribution in [0, 0.1) is 29.1 Å². The van der Waals surface area contributed by atoms with Crippen LogP contribution in [0.3, 0.4) is 0 Å². The maximum absolute atomic E-state index is 12.1. The van der Waals surface area contributed by atoms with Gasteiger partial charge in [0.1, 0.15) is 6.10 Å². The van der Waals surface area contributed by atoms with Crippen molar-refractivity contribution < 1.29 is 19.7 Å². The smallest absolute Gasteiger partial charge is 0.334 e. The zero-order valence-electron chi connectivity index (χ0n) is 20.7. The molecule has 1 aliphatic heterocycles. The van der Waals surface area contributed by atoms with E-state index in [0.29, 0.717) is 36.2 Å². The number of rotatable bonds is 5.